The first kappa shape index (κ1) is 14.9. The van der Waals surface area contributed by atoms with Crippen LogP contribution in [-0.2, 0) is 0 Å². The van der Waals surface area contributed by atoms with Crippen LogP contribution in [0.5, 0.6) is 5.75 Å². The third-order valence-electron chi connectivity index (χ3n) is 4.22. The van der Waals surface area contributed by atoms with Crippen LogP contribution in [0.2, 0.25) is 0 Å². The number of rotatable bonds is 2. The molecule has 3 N–H and O–H groups in total. The number of hydrogen-bond donors (Lipinski definition) is 2. The molecule has 0 spiro atoms. The van der Waals surface area contributed by atoms with Gasteiger partial charge in [0.15, 0.2) is 0 Å². The van der Waals surface area contributed by atoms with Gasteiger partial charge in [0.25, 0.3) is 5.69 Å². The monoisotopic (exact) mass is 311 g/mol. The predicted molar refractivity (Wildman–Crippen MR) is 90.2 cm³/mol. The molecule has 0 radical (unpaired) electrons. The van der Waals surface area contributed by atoms with Gasteiger partial charge in [0.05, 0.1) is 27.2 Å². The zero-order valence-electron chi connectivity index (χ0n) is 13.1. The van der Waals surface area contributed by atoms with Gasteiger partial charge in [-0.2, -0.15) is 0 Å². The first-order chi connectivity index (χ1) is 10.8. The van der Waals surface area contributed by atoms with Gasteiger partial charge in [0, 0.05) is 11.8 Å². The summed E-state index contributed by atoms with van der Waals surface area (Å²) < 4.78 is 1.78. The van der Waals surface area contributed by atoms with Gasteiger partial charge in [-0.15, -0.1) is 0 Å². The van der Waals surface area contributed by atoms with Crippen molar-refractivity contribution in [3.05, 3.63) is 57.3 Å². The summed E-state index contributed by atoms with van der Waals surface area (Å²) in [6.45, 7) is 5.36. The molecule has 23 heavy (non-hydrogen) atoms. The Balaban J connectivity index is 2.50. The zero-order chi connectivity index (χ0) is 16.9. The normalized spacial score (nSPS) is 11.1. The number of aromatic hydroxyl groups is 1. The SMILES string of the molecule is Cc1ccc(-n2c(C)c([N+](=O)[O-])c3c(C)c(N)c(O)cc32)cc1. The molecule has 2 aromatic carbocycles. The zero-order valence-corrected chi connectivity index (χ0v) is 13.1. The van der Waals surface area contributed by atoms with Gasteiger partial charge in [-0.3, -0.25) is 10.1 Å². The van der Waals surface area contributed by atoms with E-state index in [1.807, 2.05) is 31.2 Å². The maximum absolute atomic E-state index is 11.6. The topological polar surface area (TPSA) is 94.3 Å². The minimum absolute atomic E-state index is 0.0183. The van der Waals surface area contributed by atoms with Crippen molar-refractivity contribution in [2.24, 2.45) is 0 Å². The van der Waals surface area contributed by atoms with Crippen LogP contribution in [0.15, 0.2) is 30.3 Å². The number of fused-ring (bicyclic) bond motifs is 1. The molecule has 0 fully saturated rings. The van der Waals surface area contributed by atoms with Crippen molar-refractivity contribution < 1.29 is 10.0 Å². The lowest BCUT2D eigenvalue weighted by atomic mass is 10.1. The molecule has 0 saturated heterocycles. The molecular weight excluding hydrogens is 294 g/mol. The van der Waals surface area contributed by atoms with Crippen LogP contribution in [0.4, 0.5) is 11.4 Å². The Morgan fingerprint density at radius 2 is 1.78 bits per heavy atom. The van der Waals surface area contributed by atoms with Crippen molar-refractivity contribution in [2.75, 3.05) is 5.73 Å². The summed E-state index contributed by atoms with van der Waals surface area (Å²) in [5.41, 5.74) is 9.53. The Morgan fingerprint density at radius 1 is 1.17 bits per heavy atom. The first-order valence-corrected chi connectivity index (χ1v) is 7.17. The van der Waals surface area contributed by atoms with Crippen molar-refractivity contribution in [3.8, 4) is 11.4 Å². The molecule has 0 unspecified atom stereocenters. The van der Waals surface area contributed by atoms with E-state index in [2.05, 4.69) is 0 Å². The summed E-state index contributed by atoms with van der Waals surface area (Å²) in [6, 6.07) is 9.16. The molecule has 3 rings (SSSR count). The largest absolute Gasteiger partial charge is 0.506 e. The van der Waals surface area contributed by atoms with Crippen molar-refractivity contribution in [2.45, 2.75) is 20.8 Å². The molecule has 6 nitrogen and oxygen atoms in total. The molecule has 1 heterocycles. The van der Waals surface area contributed by atoms with Gasteiger partial charge in [-0.25, -0.2) is 0 Å². The lowest BCUT2D eigenvalue weighted by Crippen LogP contribution is -1.98. The van der Waals surface area contributed by atoms with Crippen molar-refractivity contribution in [1.82, 2.24) is 4.57 Å². The van der Waals surface area contributed by atoms with E-state index in [-0.39, 0.29) is 17.1 Å². The highest BCUT2D eigenvalue weighted by Crippen LogP contribution is 2.41. The lowest BCUT2D eigenvalue weighted by molar-refractivity contribution is -0.383. The summed E-state index contributed by atoms with van der Waals surface area (Å²) in [5.74, 6) is -0.0734. The first-order valence-electron chi connectivity index (χ1n) is 7.17. The maximum atomic E-state index is 11.6. The molecule has 0 aliphatic heterocycles. The summed E-state index contributed by atoms with van der Waals surface area (Å²) in [4.78, 5) is 11.2. The molecule has 0 aliphatic carbocycles. The number of aryl methyl sites for hydroxylation is 2. The van der Waals surface area contributed by atoms with Crippen LogP contribution >= 0.6 is 0 Å². The van der Waals surface area contributed by atoms with E-state index in [4.69, 9.17) is 5.73 Å². The van der Waals surface area contributed by atoms with E-state index in [1.165, 1.54) is 6.07 Å². The van der Waals surface area contributed by atoms with Crippen LogP contribution in [0, 0.1) is 30.9 Å². The highest BCUT2D eigenvalue weighted by atomic mass is 16.6. The number of aromatic nitrogens is 1. The van der Waals surface area contributed by atoms with Gasteiger partial charge in [0.2, 0.25) is 0 Å². The van der Waals surface area contributed by atoms with Gasteiger partial charge in [-0.1, -0.05) is 17.7 Å². The molecule has 0 atom stereocenters. The molecule has 0 amide bonds. The fourth-order valence-corrected chi connectivity index (χ4v) is 2.99. The predicted octanol–water partition coefficient (Wildman–Crippen LogP) is 3.75. The average molecular weight is 311 g/mol. The van der Waals surface area contributed by atoms with E-state index >= 15 is 0 Å². The Kier molecular flexibility index (Phi) is 3.25. The van der Waals surface area contributed by atoms with E-state index in [9.17, 15) is 15.2 Å². The van der Waals surface area contributed by atoms with E-state index in [0.29, 0.717) is 22.2 Å². The molecule has 0 aliphatic rings. The fraction of sp³-hybridized carbons (Fsp3) is 0.176. The van der Waals surface area contributed by atoms with Gasteiger partial charge in [-0.05, 0) is 38.5 Å². The van der Waals surface area contributed by atoms with Gasteiger partial charge < -0.3 is 15.4 Å². The Bertz CT molecular complexity index is 940. The van der Waals surface area contributed by atoms with Crippen LogP contribution in [0.3, 0.4) is 0 Å². The fourth-order valence-electron chi connectivity index (χ4n) is 2.99. The highest BCUT2D eigenvalue weighted by Gasteiger charge is 2.27. The minimum Gasteiger partial charge on any atom is -0.506 e. The number of benzene rings is 2. The van der Waals surface area contributed by atoms with Crippen molar-refractivity contribution >= 4 is 22.3 Å². The number of phenols is 1. The van der Waals surface area contributed by atoms with Crippen LogP contribution in [0.1, 0.15) is 16.8 Å². The number of anilines is 1. The smallest absolute Gasteiger partial charge is 0.298 e. The van der Waals surface area contributed by atoms with Gasteiger partial charge >= 0.3 is 0 Å². The minimum atomic E-state index is -0.397. The second-order valence-electron chi connectivity index (χ2n) is 5.69. The Morgan fingerprint density at radius 3 is 2.35 bits per heavy atom. The molecule has 1 aromatic heterocycles. The summed E-state index contributed by atoms with van der Waals surface area (Å²) >= 11 is 0. The third-order valence-corrected chi connectivity index (χ3v) is 4.22. The quantitative estimate of drug-likeness (QED) is 0.326. The summed E-state index contributed by atoms with van der Waals surface area (Å²) in [7, 11) is 0. The standard InChI is InChI=1S/C17H17N3O3/c1-9-4-6-12(7-5-9)19-11(3)17(20(22)23)15-10(2)16(18)14(21)8-13(15)19/h4-8,21H,18H2,1-3H3. The van der Waals surface area contributed by atoms with Crippen LogP contribution in [-0.4, -0.2) is 14.6 Å². The maximum Gasteiger partial charge on any atom is 0.298 e. The molecule has 6 heteroatoms. The lowest BCUT2D eigenvalue weighted by Gasteiger charge is -2.09. The van der Waals surface area contributed by atoms with E-state index in [1.54, 1.807) is 18.4 Å². The number of nitrogen functional groups attached to an aromatic ring is 1. The highest BCUT2D eigenvalue weighted by molar-refractivity contribution is 6.00. The van der Waals surface area contributed by atoms with Crippen LogP contribution < -0.4 is 5.73 Å². The van der Waals surface area contributed by atoms with Crippen LogP contribution in [0.25, 0.3) is 16.6 Å². The number of hydrogen-bond acceptors (Lipinski definition) is 4. The molecule has 0 saturated carbocycles. The molecule has 0 bridgehead atoms. The van der Waals surface area contributed by atoms with E-state index in [0.717, 1.165) is 11.3 Å². The molecular formula is C17H17N3O3. The second-order valence-corrected chi connectivity index (χ2v) is 5.69. The van der Waals surface area contributed by atoms with Gasteiger partial charge in [0.1, 0.15) is 5.75 Å². The third kappa shape index (κ3) is 2.11. The average Bonchev–Trinajstić information content (AvgIpc) is 2.78. The van der Waals surface area contributed by atoms with Crippen molar-refractivity contribution in [3.63, 3.8) is 0 Å². The Labute approximate surface area is 132 Å². The number of phenolic OH excluding ortho intramolecular Hbond substituents is 1. The summed E-state index contributed by atoms with van der Waals surface area (Å²) in [6.07, 6.45) is 0. The number of nitrogens with zero attached hydrogens (tertiary/aromatic N) is 2. The van der Waals surface area contributed by atoms with E-state index < -0.39 is 4.92 Å². The number of nitro groups is 1. The Hall–Kier alpha value is -3.02. The molecule has 3 aromatic rings. The summed E-state index contributed by atoms with van der Waals surface area (Å²) in [5, 5.41) is 22.1. The number of nitrogens with two attached hydrogens (primary N) is 1. The second kappa shape index (κ2) is 5.01. The molecule has 118 valence electrons. The van der Waals surface area contributed by atoms with Crippen molar-refractivity contribution in [1.29, 1.82) is 0 Å².